The highest BCUT2D eigenvalue weighted by Gasteiger charge is 2.25. The predicted octanol–water partition coefficient (Wildman–Crippen LogP) is 2.50. The normalized spacial score (nSPS) is 18.0. The SMILES string of the molecule is CCCN(C(=O)CCc1cccc(F)c1F)C1CCNC1. The van der Waals surface area contributed by atoms with Crippen LogP contribution in [-0.2, 0) is 11.2 Å². The van der Waals surface area contributed by atoms with Crippen LogP contribution in [0.1, 0.15) is 31.7 Å². The first-order valence-electron chi connectivity index (χ1n) is 7.56. The summed E-state index contributed by atoms with van der Waals surface area (Å²) in [6.45, 7) is 4.50. The fourth-order valence-electron chi connectivity index (χ4n) is 2.78. The Bertz CT molecular complexity index is 487. The van der Waals surface area contributed by atoms with E-state index in [9.17, 15) is 13.6 Å². The van der Waals surface area contributed by atoms with Gasteiger partial charge in [-0.25, -0.2) is 8.78 Å². The minimum absolute atomic E-state index is 0.0224. The van der Waals surface area contributed by atoms with Gasteiger partial charge in [-0.2, -0.15) is 0 Å². The van der Waals surface area contributed by atoms with Crippen molar-refractivity contribution in [3.63, 3.8) is 0 Å². The quantitative estimate of drug-likeness (QED) is 0.875. The summed E-state index contributed by atoms with van der Waals surface area (Å²) in [5.41, 5.74) is 0.268. The molecule has 3 nitrogen and oxygen atoms in total. The summed E-state index contributed by atoms with van der Waals surface area (Å²) in [5, 5.41) is 3.25. The molecule has 2 rings (SSSR count). The Hall–Kier alpha value is -1.49. The number of benzene rings is 1. The topological polar surface area (TPSA) is 32.3 Å². The van der Waals surface area contributed by atoms with Crippen LogP contribution in [0.2, 0.25) is 0 Å². The van der Waals surface area contributed by atoms with Gasteiger partial charge < -0.3 is 10.2 Å². The van der Waals surface area contributed by atoms with Gasteiger partial charge in [-0.3, -0.25) is 4.79 Å². The highest BCUT2D eigenvalue weighted by Crippen LogP contribution is 2.16. The third-order valence-electron chi connectivity index (χ3n) is 3.90. The van der Waals surface area contributed by atoms with E-state index in [4.69, 9.17) is 0 Å². The van der Waals surface area contributed by atoms with Crippen molar-refractivity contribution in [1.82, 2.24) is 10.2 Å². The van der Waals surface area contributed by atoms with Crippen LogP contribution in [0.15, 0.2) is 18.2 Å². The number of nitrogens with one attached hydrogen (secondary N) is 1. The Labute approximate surface area is 124 Å². The Morgan fingerprint density at radius 1 is 1.43 bits per heavy atom. The van der Waals surface area contributed by atoms with Gasteiger partial charge in [0.1, 0.15) is 0 Å². The maximum Gasteiger partial charge on any atom is 0.223 e. The van der Waals surface area contributed by atoms with Crippen molar-refractivity contribution in [1.29, 1.82) is 0 Å². The van der Waals surface area contributed by atoms with Crippen molar-refractivity contribution in [2.24, 2.45) is 0 Å². The van der Waals surface area contributed by atoms with E-state index in [0.29, 0.717) is 0 Å². The van der Waals surface area contributed by atoms with Crippen LogP contribution in [0.3, 0.4) is 0 Å². The van der Waals surface area contributed by atoms with Crippen LogP contribution in [0.25, 0.3) is 0 Å². The molecular formula is C16H22F2N2O. The molecular weight excluding hydrogens is 274 g/mol. The summed E-state index contributed by atoms with van der Waals surface area (Å²) in [4.78, 5) is 14.3. The monoisotopic (exact) mass is 296 g/mol. The summed E-state index contributed by atoms with van der Waals surface area (Å²) in [7, 11) is 0. The van der Waals surface area contributed by atoms with E-state index in [-0.39, 0.29) is 30.4 Å². The first-order valence-corrected chi connectivity index (χ1v) is 7.56. The predicted molar refractivity (Wildman–Crippen MR) is 78.0 cm³/mol. The van der Waals surface area contributed by atoms with Crippen molar-refractivity contribution in [3.05, 3.63) is 35.4 Å². The molecule has 0 bridgehead atoms. The number of hydrogen-bond acceptors (Lipinski definition) is 2. The zero-order valence-corrected chi connectivity index (χ0v) is 12.4. The molecule has 1 amide bonds. The summed E-state index contributed by atoms with van der Waals surface area (Å²) in [6.07, 6.45) is 2.32. The minimum atomic E-state index is -0.856. The van der Waals surface area contributed by atoms with Gasteiger partial charge in [-0.1, -0.05) is 19.1 Å². The van der Waals surface area contributed by atoms with E-state index in [1.165, 1.54) is 12.1 Å². The molecule has 0 aliphatic carbocycles. The lowest BCUT2D eigenvalue weighted by Gasteiger charge is -2.28. The number of carbonyl (C=O) groups excluding carboxylic acids is 1. The molecule has 1 atom stereocenters. The Balaban J connectivity index is 1.96. The van der Waals surface area contributed by atoms with E-state index < -0.39 is 11.6 Å². The van der Waals surface area contributed by atoms with Gasteiger partial charge in [0.2, 0.25) is 5.91 Å². The number of amides is 1. The lowest BCUT2D eigenvalue weighted by Crippen LogP contribution is -2.42. The zero-order chi connectivity index (χ0) is 15.2. The van der Waals surface area contributed by atoms with Crippen LogP contribution >= 0.6 is 0 Å². The van der Waals surface area contributed by atoms with Gasteiger partial charge in [0.15, 0.2) is 11.6 Å². The molecule has 1 unspecified atom stereocenters. The third kappa shape index (κ3) is 4.00. The van der Waals surface area contributed by atoms with Gasteiger partial charge >= 0.3 is 0 Å². The molecule has 21 heavy (non-hydrogen) atoms. The number of rotatable bonds is 6. The second-order valence-corrected chi connectivity index (χ2v) is 5.45. The molecule has 0 aromatic heterocycles. The second kappa shape index (κ2) is 7.50. The van der Waals surface area contributed by atoms with E-state index >= 15 is 0 Å². The molecule has 1 fully saturated rings. The maximum atomic E-state index is 13.6. The lowest BCUT2D eigenvalue weighted by atomic mass is 10.1. The summed E-state index contributed by atoms with van der Waals surface area (Å²) >= 11 is 0. The maximum absolute atomic E-state index is 13.6. The van der Waals surface area contributed by atoms with Crippen LogP contribution in [-0.4, -0.2) is 36.5 Å². The third-order valence-corrected chi connectivity index (χ3v) is 3.90. The average molecular weight is 296 g/mol. The number of nitrogens with zero attached hydrogens (tertiary/aromatic N) is 1. The molecule has 116 valence electrons. The first kappa shape index (κ1) is 15.9. The van der Waals surface area contributed by atoms with Crippen LogP contribution < -0.4 is 5.32 Å². The molecule has 1 aliphatic rings. The van der Waals surface area contributed by atoms with Crippen molar-refractivity contribution in [2.45, 2.75) is 38.6 Å². The highest BCUT2D eigenvalue weighted by atomic mass is 19.2. The fraction of sp³-hybridized carbons (Fsp3) is 0.562. The van der Waals surface area contributed by atoms with Crippen molar-refractivity contribution in [2.75, 3.05) is 19.6 Å². The van der Waals surface area contributed by atoms with E-state index in [1.807, 2.05) is 11.8 Å². The van der Waals surface area contributed by atoms with Gasteiger partial charge in [0.05, 0.1) is 0 Å². The van der Waals surface area contributed by atoms with Crippen LogP contribution in [0.5, 0.6) is 0 Å². The number of carbonyl (C=O) groups is 1. The molecule has 1 heterocycles. The summed E-state index contributed by atoms with van der Waals surface area (Å²) in [5.74, 6) is -1.67. The van der Waals surface area contributed by atoms with Crippen LogP contribution in [0, 0.1) is 11.6 Å². The smallest absolute Gasteiger partial charge is 0.223 e. The first-order chi connectivity index (χ1) is 10.1. The van der Waals surface area contributed by atoms with E-state index in [2.05, 4.69) is 5.32 Å². The van der Waals surface area contributed by atoms with Gasteiger partial charge in [-0.05, 0) is 37.4 Å². The number of halogens is 2. The van der Waals surface area contributed by atoms with Crippen molar-refractivity contribution >= 4 is 5.91 Å². The average Bonchev–Trinajstić information content (AvgIpc) is 3.00. The van der Waals surface area contributed by atoms with Gasteiger partial charge in [0, 0.05) is 25.6 Å². The molecule has 0 saturated carbocycles. The molecule has 5 heteroatoms. The van der Waals surface area contributed by atoms with Crippen LogP contribution in [0.4, 0.5) is 8.78 Å². The standard InChI is InChI=1S/C16H22F2N2O/c1-2-10-20(13-8-9-19-11-13)15(21)7-6-12-4-3-5-14(17)16(12)18/h3-5,13,19H,2,6-11H2,1H3. The zero-order valence-electron chi connectivity index (χ0n) is 12.4. The second-order valence-electron chi connectivity index (χ2n) is 5.45. The molecule has 0 radical (unpaired) electrons. The van der Waals surface area contributed by atoms with Crippen molar-refractivity contribution in [3.8, 4) is 0 Å². The fourth-order valence-corrected chi connectivity index (χ4v) is 2.78. The van der Waals surface area contributed by atoms with Gasteiger partial charge in [-0.15, -0.1) is 0 Å². The van der Waals surface area contributed by atoms with E-state index in [0.717, 1.165) is 38.5 Å². The van der Waals surface area contributed by atoms with E-state index in [1.54, 1.807) is 0 Å². The Morgan fingerprint density at radius 2 is 2.24 bits per heavy atom. The lowest BCUT2D eigenvalue weighted by molar-refractivity contribution is -0.133. The molecule has 1 aromatic carbocycles. The highest BCUT2D eigenvalue weighted by molar-refractivity contribution is 5.77. The molecule has 0 spiro atoms. The largest absolute Gasteiger partial charge is 0.338 e. The number of hydrogen-bond donors (Lipinski definition) is 1. The van der Waals surface area contributed by atoms with Crippen molar-refractivity contribution < 1.29 is 13.6 Å². The Morgan fingerprint density at radius 3 is 2.90 bits per heavy atom. The molecule has 1 N–H and O–H groups in total. The molecule has 1 aromatic rings. The summed E-state index contributed by atoms with van der Waals surface area (Å²) < 4.78 is 26.7. The minimum Gasteiger partial charge on any atom is -0.338 e. The van der Waals surface area contributed by atoms with Gasteiger partial charge in [0.25, 0.3) is 0 Å². The Kier molecular flexibility index (Phi) is 5.67. The molecule has 1 saturated heterocycles. The number of aryl methyl sites for hydroxylation is 1. The summed E-state index contributed by atoms with van der Waals surface area (Å²) in [6, 6.07) is 4.33. The molecule has 1 aliphatic heterocycles.